The molecule has 1 rings (SSSR count). The number of β-amino-alcohol motifs (C(OH)–C–C–N with tert-alkyl or cyclic N) is 1. The van der Waals surface area contributed by atoms with E-state index in [-0.39, 0.29) is 6.10 Å². The highest BCUT2D eigenvalue weighted by atomic mass is 16.5. The molecule has 1 aliphatic rings. The first-order valence-electron chi connectivity index (χ1n) is 13.5. The number of nitrogens with one attached hydrogen (secondary N) is 1. The van der Waals surface area contributed by atoms with E-state index in [1.54, 1.807) is 0 Å². The van der Waals surface area contributed by atoms with Gasteiger partial charge in [-0.1, -0.05) is 110 Å². The summed E-state index contributed by atoms with van der Waals surface area (Å²) in [7, 11) is 0. The van der Waals surface area contributed by atoms with Crippen LogP contribution in [0.4, 0.5) is 0 Å². The van der Waals surface area contributed by atoms with Crippen LogP contribution in [0.25, 0.3) is 0 Å². The van der Waals surface area contributed by atoms with E-state index in [0.717, 1.165) is 45.8 Å². The fraction of sp³-hybridized carbons (Fsp3) is 1.00. The third kappa shape index (κ3) is 18.6. The molecule has 0 radical (unpaired) electrons. The van der Waals surface area contributed by atoms with Crippen LogP contribution in [-0.4, -0.2) is 62.0 Å². The van der Waals surface area contributed by atoms with Gasteiger partial charge in [-0.2, -0.15) is 0 Å². The summed E-state index contributed by atoms with van der Waals surface area (Å²) >= 11 is 0. The Morgan fingerprint density at radius 1 is 0.700 bits per heavy atom. The van der Waals surface area contributed by atoms with Gasteiger partial charge < -0.3 is 15.2 Å². The van der Waals surface area contributed by atoms with Crippen LogP contribution in [0.2, 0.25) is 0 Å². The van der Waals surface area contributed by atoms with Crippen LogP contribution in [0.3, 0.4) is 0 Å². The third-order valence-corrected chi connectivity index (χ3v) is 6.38. The van der Waals surface area contributed by atoms with Crippen molar-refractivity contribution < 1.29 is 9.84 Å². The molecule has 1 aliphatic heterocycles. The zero-order valence-corrected chi connectivity index (χ0v) is 20.4. The Morgan fingerprint density at radius 2 is 1.13 bits per heavy atom. The van der Waals surface area contributed by atoms with Crippen molar-refractivity contribution >= 4 is 0 Å². The normalized spacial score (nSPS) is 16.2. The van der Waals surface area contributed by atoms with Gasteiger partial charge in [0.1, 0.15) is 0 Å². The summed E-state index contributed by atoms with van der Waals surface area (Å²) in [6.45, 7) is 8.48. The number of aliphatic hydroxyl groups excluding tert-OH is 1. The van der Waals surface area contributed by atoms with Gasteiger partial charge in [0.15, 0.2) is 0 Å². The molecule has 0 aromatic rings. The van der Waals surface area contributed by atoms with Gasteiger partial charge in [0.25, 0.3) is 0 Å². The van der Waals surface area contributed by atoms with Gasteiger partial charge in [-0.05, 0) is 6.42 Å². The summed E-state index contributed by atoms with van der Waals surface area (Å²) in [5.41, 5.74) is 0. The number of nitrogens with zero attached hydrogens (tertiary/aromatic N) is 1. The molecule has 0 aromatic heterocycles. The average Bonchev–Trinajstić information content (AvgIpc) is 2.76. The van der Waals surface area contributed by atoms with Crippen molar-refractivity contribution in [1.82, 2.24) is 10.2 Å². The van der Waals surface area contributed by atoms with E-state index in [9.17, 15) is 5.11 Å². The number of hydrogen-bond donors (Lipinski definition) is 2. The highest BCUT2D eigenvalue weighted by Gasteiger charge is 2.14. The Bertz CT molecular complexity index is 335. The molecule has 4 heteroatoms. The molecule has 180 valence electrons. The van der Waals surface area contributed by atoms with Crippen LogP contribution in [0.15, 0.2) is 0 Å². The molecule has 2 N–H and O–H groups in total. The van der Waals surface area contributed by atoms with Crippen molar-refractivity contribution in [2.45, 2.75) is 122 Å². The lowest BCUT2D eigenvalue weighted by atomic mass is 10.0. The molecule has 1 fully saturated rings. The molecule has 1 unspecified atom stereocenters. The molecular weight excluding hydrogens is 372 g/mol. The Hall–Kier alpha value is -0.160. The summed E-state index contributed by atoms with van der Waals surface area (Å²) in [6.07, 6.45) is 23.5. The second kappa shape index (κ2) is 22.0. The average molecular weight is 427 g/mol. The van der Waals surface area contributed by atoms with Crippen LogP contribution in [0.1, 0.15) is 116 Å². The fourth-order valence-electron chi connectivity index (χ4n) is 4.39. The lowest BCUT2D eigenvalue weighted by molar-refractivity contribution is 0.0136. The number of unbranched alkanes of at least 4 members (excludes halogenated alkanes) is 16. The van der Waals surface area contributed by atoms with Gasteiger partial charge in [-0.3, -0.25) is 4.90 Å². The van der Waals surface area contributed by atoms with E-state index in [1.807, 2.05) is 0 Å². The Kier molecular flexibility index (Phi) is 20.5. The number of ether oxygens (including phenoxy) is 1. The Morgan fingerprint density at radius 3 is 1.60 bits per heavy atom. The maximum Gasteiger partial charge on any atom is 0.0900 e. The van der Waals surface area contributed by atoms with Crippen LogP contribution in [-0.2, 0) is 4.74 Å². The summed E-state index contributed by atoms with van der Waals surface area (Å²) in [5, 5.41) is 13.4. The van der Waals surface area contributed by atoms with Gasteiger partial charge in [0, 0.05) is 39.3 Å². The van der Waals surface area contributed by atoms with E-state index in [4.69, 9.17) is 4.74 Å². The number of piperazine rings is 1. The van der Waals surface area contributed by atoms with Crippen LogP contribution >= 0.6 is 0 Å². The first-order valence-corrected chi connectivity index (χ1v) is 13.5. The van der Waals surface area contributed by atoms with Gasteiger partial charge in [0.05, 0.1) is 12.7 Å². The molecular formula is C26H54N2O2. The van der Waals surface area contributed by atoms with Crippen molar-refractivity contribution in [2.75, 3.05) is 45.9 Å². The third-order valence-electron chi connectivity index (χ3n) is 6.38. The predicted octanol–water partition coefficient (Wildman–Crippen LogP) is 5.92. The Labute approximate surface area is 188 Å². The van der Waals surface area contributed by atoms with Crippen molar-refractivity contribution in [3.63, 3.8) is 0 Å². The molecule has 0 aromatic carbocycles. The number of rotatable bonds is 22. The highest BCUT2D eigenvalue weighted by molar-refractivity contribution is 4.70. The van der Waals surface area contributed by atoms with Gasteiger partial charge in [-0.25, -0.2) is 0 Å². The molecule has 1 atom stereocenters. The van der Waals surface area contributed by atoms with E-state index < -0.39 is 0 Å². The molecule has 1 heterocycles. The summed E-state index contributed by atoms with van der Waals surface area (Å²) in [5.74, 6) is 0. The SMILES string of the molecule is CCCCCCCCCCCCCCCCCCCOCC(O)CN1CCNCC1. The lowest BCUT2D eigenvalue weighted by Crippen LogP contribution is -2.47. The topological polar surface area (TPSA) is 44.7 Å². The summed E-state index contributed by atoms with van der Waals surface area (Å²) < 4.78 is 5.67. The van der Waals surface area contributed by atoms with Crippen LogP contribution < -0.4 is 5.32 Å². The highest BCUT2D eigenvalue weighted by Crippen LogP contribution is 2.14. The van der Waals surface area contributed by atoms with Crippen LogP contribution in [0, 0.1) is 0 Å². The number of hydrogen-bond acceptors (Lipinski definition) is 4. The lowest BCUT2D eigenvalue weighted by Gasteiger charge is -2.28. The number of aliphatic hydroxyl groups is 1. The second-order valence-corrected chi connectivity index (χ2v) is 9.44. The molecule has 4 nitrogen and oxygen atoms in total. The van der Waals surface area contributed by atoms with Crippen molar-refractivity contribution in [3.8, 4) is 0 Å². The summed E-state index contributed by atoms with van der Waals surface area (Å²) in [6, 6.07) is 0. The second-order valence-electron chi connectivity index (χ2n) is 9.44. The zero-order valence-electron chi connectivity index (χ0n) is 20.4. The molecule has 30 heavy (non-hydrogen) atoms. The smallest absolute Gasteiger partial charge is 0.0900 e. The first kappa shape index (κ1) is 27.9. The molecule has 0 spiro atoms. The van der Waals surface area contributed by atoms with Crippen molar-refractivity contribution in [2.24, 2.45) is 0 Å². The maximum absolute atomic E-state index is 10.1. The van der Waals surface area contributed by atoms with Crippen LogP contribution in [0.5, 0.6) is 0 Å². The van der Waals surface area contributed by atoms with E-state index in [2.05, 4.69) is 17.1 Å². The van der Waals surface area contributed by atoms with E-state index in [0.29, 0.717) is 6.61 Å². The molecule has 1 saturated heterocycles. The predicted molar refractivity (Wildman–Crippen MR) is 130 cm³/mol. The molecule has 0 bridgehead atoms. The maximum atomic E-state index is 10.1. The molecule has 0 saturated carbocycles. The van der Waals surface area contributed by atoms with Crippen molar-refractivity contribution in [3.05, 3.63) is 0 Å². The zero-order chi connectivity index (χ0) is 21.5. The summed E-state index contributed by atoms with van der Waals surface area (Å²) in [4.78, 5) is 2.32. The monoisotopic (exact) mass is 426 g/mol. The van der Waals surface area contributed by atoms with E-state index in [1.165, 1.54) is 103 Å². The molecule has 0 aliphatic carbocycles. The minimum Gasteiger partial charge on any atom is -0.389 e. The van der Waals surface area contributed by atoms with E-state index >= 15 is 0 Å². The first-order chi connectivity index (χ1) is 14.8. The van der Waals surface area contributed by atoms with Gasteiger partial charge >= 0.3 is 0 Å². The minimum absolute atomic E-state index is 0.339. The van der Waals surface area contributed by atoms with Gasteiger partial charge in [-0.15, -0.1) is 0 Å². The van der Waals surface area contributed by atoms with Crippen molar-refractivity contribution in [1.29, 1.82) is 0 Å². The molecule has 0 amide bonds. The minimum atomic E-state index is -0.339. The van der Waals surface area contributed by atoms with Gasteiger partial charge in [0.2, 0.25) is 0 Å². The fourth-order valence-corrected chi connectivity index (χ4v) is 4.39. The largest absolute Gasteiger partial charge is 0.389 e. The Balaban J connectivity index is 1.69. The standard InChI is InChI=1S/C26H54N2O2/c1-2-3-4-5-6-7-8-9-10-11-12-13-14-15-16-17-18-23-30-25-26(29)24-28-21-19-27-20-22-28/h26-27,29H,2-25H2,1H3. The quantitative estimate of drug-likeness (QED) is 0.211.